The first-order valence-electron chi connectivity index (χ1n) is 8.74. The van der Waals surface area contributed by atoms with Crippen molar-refractivity contribution in [3.8, 4) is 5.75 Å². The van der Waals surface area contributed by atoms with Crippen LogP contribution in [0.1, 0.15) is 28.8 Å². The number of rotatable bonds is 6. The lowest BCUT2D eigenvalue weighted by Crippen LogP contribution is -2.41. The Morgan fingerprint density at radius 2 is 1.72 bits per heavy atom. The fourth-order valence-electron chi connectivity index (χ4n) is 3.21. The third-order valence-electron chi connectivity index (χ3n) is 4.71. The predicted octanol–water partition coefficient (Wildman–Crippen LogP) is 3.36. The summed E-state index contributed by atoms with van der Waals surface area (Å²) >= 11 is 0. The largest absolute Gasteiger partial charge is 0.484 e. The Kier molecular flexibility index (Phi) is 5.83. The Morgan fingerprint density at radius 3 is 2.36 bits per heavy atom. The van der Waals surface area contributed by atoms with Gasteiger partial charge in [0.1, 0.15) is 12.0 Å². The van der Waals surface area contributed by atoms with Gasteiger partial charge in [0.25, 0.3) is 5.91 Å². The second-order valence-electron chi connectivity index (χ2n) is 6.49. The van der Waals surface area contributed by atoms with Crippen LogP contribution in [0.2, 0.25) is 0 Å². The van der Waals surface area contributed by atoms with E-state index in [0.717, 1.165) is 38.6 Å². The van der Waals surface area contributed by atoms with E-state index < -0.39 is 0 Å². The van der Waals surface area contributed by atoms with Crippen LogP contribution in [0.25, 0.3) is 0 Å². The van der Waals surface area contributed by atoms with Gasteiger partial charge in [-0.1, -0.05) is 30.3 Å². The molecule has 130 valence electrons. The molecule has 1 saturated heterocycles. The summed E-state index contributed by atoms with van der Waals surface area (Å²) in [4.78, 5) is 24.8. The molecular weight excluding hydrogens is 314 g/mol. The number of likely N-dealkylation sites (tertiary alicyclic amines) is 1. The number of hydrogen-bond donors (Lipinski definition) is 0. The topological polar surface area (TPSA) is 46.6 Å². The number of benzene rings is 2. The number of carbonyl (C=O) groups excluding carboxylic acids is 2. The minimum Gasteiger partial charge on any atom is -0.484 e. The lowest BCUT2D eigenvalue weighted by Gasteiger charge is -2.32. The van der Waals surface area contributed by atoms with Crippen LogP contribution in [-0.2, 0) is 11.2 Å². The van der Waals surface area contributed by atoms with Crippen molar-refractivity contribution in [2.24, 2.45) is 5.92 Å². The Labute approximate surface area is 148 Å². The average Bonchev–Trinajstić information content (AvgIpc) is 2.68. The Bertz CT molecular complexity index is 689. The summed E-state index contributed by atoms with van der Waals surface area (Å²) < 4.78 is 5.54. The zero-order chi connectivity index (χ0) is 17.5. The molecule has 0 N–H and O–H groups in total. The minimum atomic E-state index is 0.0256. The molecule has 4 heteroatoms. The molecule has 0 bridgehead atoms. The van der Waals surface area contributed by atoms with Crippen LogP contribution >= 0.6 is 0 Å². The Hall–Kier alpha value is -2.62. The van der Waals surface area contributed by atoms with Crippen LogP contribution in [0.4, 0.5) is 0 Å². The van der Waals surface area contributed by atoms with Gasteiger partial charge < -0.3 is 9.64 Å². The fourth-order valence-corrected chi connectivity index (χ4v) is 3.21. The average molecular weight is 337 g/mol. The first-order valence-corrected chi connectivity index (χ1v) is 8.74. The molecule has 3 rings (SSSR count). The first kappa shape index (κ1) is 17.2. The van der Waals surface area contributed by atoms with E-state index in [1.807, 2.05) is 11.0 Å². The molecule has 25 heavy (non-hydrogen) atoms. The maximum atomic E-state index is 12.3. The van der Waals surface area contributed by atoms with Crippen molar-refractivity contribution in [2.75, 3.05) is 19.7 Å². The SMILES string of the molecule is O=Cc1ccc(OCC(=O)N2CCC(Cc3ccccc3)CC2)cc1. The minimum absolute atomic E-state index is 0.0256. The molecule has 4 nitrogen and oxygen atoms in total. The molecule has 1 fully saturated rings. The zero-order valence-corrected chi connectivity index (χ0v) is 14.3. The molecule has 2 aromatic carbocycles. The van der Waals surface area contributed by atoms with Gasteiger partial charge in [0.15, 0.2) is 6.61 Å². The van der Waals surface area contributed by atoms with Gasteiger partial charge in [-0.25, -0.2) is 0 Å². The molecule has 0 saturated carbocycles. The quantitative estimate of drug-likeness (QED) is 0.759. The number of amides is 1. The first-order chi connectivity index (χ1) is 12.2. The second-order valence-corrected chi connectivity index (χ2v) is 6.49. The van der Waals surface area contributed by atoms with Crippen molar-refractivity contribution in [1.29, 1.82) is 0 Å². The highest BCUT2D eigenvalue weighted by atomic mass is 16.5. The number of hydrogen-bond acceptors (Lipinski definition) is 3. The molecule has 0 unspecified atom stereocenters. The summed E-state index contributed by atoms with van der Waals surface area (Å²) in [5, 5.41) is 0. The zero-order valence-electron chi connectivity index (χ0n) is 14.3. The molecule has 1 heterocycles. The fraction of sp³-hybridized carbons (Fsp3) is 0.333. The van der Waals surface area contributed by atoms with Crippen LogP contribution in [0.15, 0.2) is 54.6 Å². The van der Waals surface area contributed by atoms with Gasteiger partial charge in [-0.3, -0.25) is 9.59 Å². The van der Waals surface area contributed by atoms with Crippen molar-refractivity contribution >= 4 is 12.2 Å². The smallest absolute Gasteiger partial charge is 0.260 e. The summed E-state index contributed by atoms with van der Waals surface area (Å²) in [6.45, 7) is 1.64. The van der Waals surface area contributed by atoms with E-state index in [1.165, 1.54) is 5.56 Å². The van der Waals surface area contributed by atoms with Crippen molar-refractivity contribution < 1.29 is 14.3 Å². The molecular formula is C21H23NO3. The van der Waals surface area contributed by atoms with Crippen molar-refractivity contribution in [3.05, 3.63) is 65.7 Å². The highest BCUT2D eigenvalue weighted by Gasteiger charge is 2.23. The summed E-state index contributed by atoms with van der Waals surface area (Å²) in [5.41, 5.74) is 1.97. The molecule has 2 aromatic rings. The highest BCUT2D eigenvalue weighted by Crippen LogP contribution is 2.22. The normalized spacial score (nSPS) is 15.0. The summed E-state index contributed by atoms with van der Waals surface area (Å²) in [6, 6.07) is 17.3. The van der Waals surface area contributed by atoms with Crippen LogP contribution in [0.3, 0.4) is 0 Å². The lowest BCUT2D eigenvalue weighted by atomic mass is 9.90. The van der Waals surface area contributed by atoms with Crippen LogP contribution in [-0.4, -0.2) is 36.8 Å². The van der Waals surface area contributed by atoms with Crippen molar-refractivity contribution in [2.45, 2.75) is 19.3 Å². The molecule has 0 atom stereocenters. The van der Waals surface area contributed by atoms with E-state index >= 15 is 0 Å². The second kappa shape index (κ2) is 8.47. The number of carbonyl (C=O) groups is 2. The molecule has 0 radical (unpaired) electrons. The van der Waals surface area contributed by atoms with Gasteiger partial charge >= 0.3 is 0 Å². The molecule has 0 spiro atoms. The van der Waals surface area contributed by atoms with E-state index in [-0.39, 0.29) is 12.5 Å². The standard InChI is InChI=1S/C21H23NO3/c23-15-19-6-8-20(9-7-19)25-16-21(24)22-12-10-18(11-13-22)14-17-4-2-1-3-5-17/h1-9,15,18H,10-14,16H2. The van der Waals surface area contributed by atoms with Gasteiger partial charge in [0.2, 0.25) is 0 Å². The third-order valence-corrected chi connectivity index (χ3v) is 4.71. The monoisotopic (exact) mass is 337 g/mol. The van der Waals surface area contributed by atoms with Crippen molar-refractivity contribution in [1.82, 2.24) is 4.90 Å². The number of nitrogens with zero attached hydrogens (tertiary/aromatic N) is 1. The Balaban J connectivity index is 1.42. The van der Waals surface area contributed by atoms with Gasteiger partial charge in [0.05, 0.1) is 0 Å². The van der Waals surface area contributed by atoms with Gasteiger partial charge in [0, 0.05) is 18.7 Å². The predicted molar refractivity (Wildman–Crippen MR) is 96.8 cm³/mol. The molecule has 0 aliphatic carbocycles. The van der Waals surface area contributed by atoms with E-state index in [0.29, 0.717) is 17.2 Å². The molecule has 0 aromatic heterocycles. The summed E-state index contributed by atoms with van der Waals surface area (Å²) in [6.07, 6.45) is 3.94. The maximum absolute atomic E-state index is 12.3. The molecule has 1 amide bonds. The highest BCUT2D eigenvalue weighted by molar-refractivity contribution is 5.78. The van der Waals surface area contributed by atoms with Gasteiger partial charge in [-0.05, 0) is 55.0 Å². The van der Waals surface area contributed by atoms with E-state index in [4.69, 9.17) is 4.74 Å². The number of aldehydes is 1. The summed E-state index contributed by atoms with van der Waals surface area (Å²) in [5.74, 6) is 1.28. The lowest BCUT2D eigenvalue weighted by molar-refractivity contribution is -0.134. The number of ether oxygens (including phenoxy) is 1. The molecule has 1 aliphatic heterocycles. The van der Waals surface area contributed by atoms with E-state index in [1.54, 1.807) is 24.3 Å². The van der Waals surface area contributed by atoms with E-state index in [2.05, 4.69) is 24.3 Å². The van der Waals surface area contributed by atoms with E-state index in [9.17, 15) is 9.59 Å². The van der Waals surface area contributed by atoms with Crippen LogP contribution in [0, 0.1) is 5.92 Å². The summed E-state index contributed by atoms with van der Waals surface area (Å²) in [7, 11) is 0. The maximum Gasteiger partial charge on any atom is 0.260 e. The van der Waals surface area contributed by atoms with Gasteiger partial charge in [-0.2, -0.15) is 0 Å². The van der Waals surface area contributed by atoms with Gasteiger partial charge in [-0.15, -0.1) is 0 Å². The van der Waals surface area contributed by atoms with Crippen LogP contribution < -0.4 is 4.74 Å². The third kappa shape index (κ3) is 4.92. The number of piperidine rings is 1. The van der Waals surface area contributed by atoms with Crippen molar-refractivity contribution in [3.63, 3.8) is 0 Å². The Morgan fingerprint density at radius 1 is 1.04 bits per heavy atom. The van der Waals surface area contributed by atoms with Crippen LogP contribution in [0.5, 0.6) is 5.75 Å². The molecule has 1 aliphatic rings.